The molecule has 0 bridgehead atoms. The summed E-state index contributed by atoms with van der Waals surface area (Å²) < 4.78 is 27.3. The Hall–Kier alpha value is -2.31. The van der Waals surface area contributed by atoms with Crippen molar-refractivity contribution in [3.8, 4) is 5.69 Å². The Labute approximate surface area is 94.3 Å². The van der Waals surface area contributed by atoms with Crippen LogP contribution < -0.4 is 0 Å². The maximum absolute atomic E-state index is 13.1. The van der Waals surface area contributed by atoms with Crippen LogP contribution in [0.2, 0.25) is 0 Å². The normalized spacial score (nSPS) is 11.4. The summed E-state index contributed by atoms with van der Waals surface area (Å²) >= 11 is 0. The minimum Gasteiger partial charge on any atom is -0.476 e. The summed E-state index contributed by atoms with van der Waals surface area (Å²) in [5.74, 6) is -6.29. The molecule has 2 aromatic rings. The first-order valence-electron chi connectivity index (χ1n) is 4.61. The number of aromatic nitrogens is 3. The second kappa shape index (κ2) is 3.93. The van der Waals surface area contributed by atoms with Crippen LogP contribution >= 0.6 is 0 Å². The van der Waals surface area contributed by atoms with Crippen molar-refractivity contribution >= 4 is 5.97 Å². The van der Waals surface area contributed by atoms with Crippen molar-refractivity contribution in [2.45, 2.75) is 5.92 Å². The van der Waals surface area contributed by atoms with E-state index in [9.17, 15) is 13.6 Å². The van der Waals surface area contributed by atoms with Gasteiger partial charge in [0, 0.05) is 0 Å². The second-order valence-corrected chi connectivity index (χ2v) is 3.26. The van der Waals surface area contributed by atoms with E-state index in [0.717, 1.165) is 10.9 Å². The van der Waals surface area contributed by atoms with E-state index in [1.165, 1.54) is 0 Å². The van der Waals surface area contributed by atoms with Gasteiger partial charge >= 0.3 is 11.9 Å². The van der Waals surface area contributed by atoms with Gasteiger partial charge in [0.2, 0.25) is 0 Å². The fourth-order valence-electron chi connectivity index (χ4n) is 1.22. The Kier molecular flexibility index (Phi) is 2.58. The summed E-state index contributed by atoms with van der Waals surface area (Å²) in [6, 6.07) is 8.43. The average Bonchev–Trinajstić information content (AvgIpc) is 2.80. The number of hydrogen-bond donors (Lipinski definition) is 1. The molecule has 1 aromatic carbocycles. The molecule has 5 nitrogen and oxygen atoms in total. The number of carbonyl (C=O) groups is 1. The molecule has 0 fully saturated rings. The number of hydrogen-bond acceptors (Lipinski definition) is 3. The Bertz CT molecular complexity index is 539. The highest BCUT2D eigenvalue weighted by atomic mass is 19.3. The molecule has 0 radical (unpaired) electrons. The SMILES string of the molecule is O=C(O)C(F)(F)c1cn(-c2ccccc2)nn1. The highest BCUT2D eigenvalue weighted by Gasteiger charge is 2.44. The molecule has 0 saturated heterocycles. The molecule has 1 heterocycles. The van der Waals surface area contributed by atoms with Crippen molar-refractivity contribution in [2.75, 3.05) is 0 Å². The Morgan fingerprint density at radius 3 is 2.53 bits per heavy atom. The smallest absolute Gasteiger partial charge is 0.387 e. The van der Waals surface area contributed by atoms with Crippen LogP contribution in [0.15, 0.2) is 36.5 Å². The number of carboxylic acid groups (broad SMARTS) is 1. The highest BCUT2D eigenvalue weighted by molar-refractivity contribution is 5.76. The van der Waals surface area contributed by atoms with Crippen LogP contribution in [0.3, 0.4) is 0 Å². The van der Waals surface area contributed by atoms with Gasteiger partial charge in [0.25, 0.3) is 0 Å². The van der Waals surface area contributed by atoms with Crippen molar-refractivity contribution in [1.82, 2.24) is 15.0 Å². The van der Waals surface area contributed by atoms with Gasteiger partial charge in [0.05, 0.1) is 11.9 Å². The van der Waals surface area contributed by atoms with E-state index in [0.29, 0.717) is 5.69 Å². The molecule has 0 aliphatic rings. The van der Waals surface area contributed by atoms with E-state index in [-0.39, 0.29) is 0 Å². The summed E-state index contributed by atoms with van der Waals surface area (Å²) in [5, 5.41) is 15.0. The topological polar surface area (TPSA) is 68.0 Å². The minimum atomic E-state index is -4.03. The van der Waals surface area contributed by atoms with Gasteiger partial charge in [-0.25, -0.2) is 9.48 Å². The molecule has 7 heteroatoms. The van der Waals surface area contributed by atoms with E-state index in [4.69, 9.17) is 5.11 Å². The summed E-state index contributed by atoms with van der Waals surface area (Å²) in [7, 11) is 0. The first kappa shape index (κ1) is 11.2. The van der Waals surface area contributed by atoms with Gasteiger partial charge in [-0.3, -0.25) is 0 Å². The van der Waals surface area contributed by atoms with Gasteiger partial charge in [-0.2, -0.15) is 8.78 Å². The lowest BCUT2D eigenvalue weighted by molar-refractivity contribution is -0.166. The monoisotopic (exact) mass is 239 g/mol. The maximum Gasteiger partial charge on any atom is 0.387 e. The van der Waals surface area contributed by atoms with Gasteiger partial charge in [-0.15, -0.1) is 5.10 Å². The van der Waals surface area contributed by atoms with Crippen LogP contribution in [0.4, 0.5) is 8.78 Å². The van der Waals surface area contributed by atoms with Crippen molar-refractivity contribution in [2.24, 2.45) is 0 Å². The molecule has 17 heavy (non-hydrogen) atoms. The van der Waals surface area contributed by atoms with Gasteiger partial charge in [0.15, 0.2) is 5.69 Å². The van der Waals surface area contributed by atoms with Gasteiger partial charge < -0.3 is 5.11 Å². The van der Waals surface area contributed by atoms with Crippen LogP contribution in [0.25, 0.3) is 5.69 Å². The third-order valence-electron chi connectivity index (χ3n) is 2.10. The average molecular weight is 239 g/mol. The zero-order valence-electron chi connectivity index (χ0n) is 8.42. The summed E-state index contributed by atoms with van der Waals surface area (Å²) in [6.45, 7) is 0. The third kappa shape index (κ3) is 1.99. The number of benzene rings is 1. The molecule has 88 valence electrons. The van der Waals surface area contributed by atoms with E-state index in [1.807, 2.05) is 0 Å². The van der Waals surface area contributed by atoms with Crippen molar-refractivity contribution in [3.05, 3.63) is 42.2 Å². The Morgan fingerprint density at radius 1 is 1.29 bits per heavy atom. The molecule has 2 rings (SSSR count). The van der Waals surface area contributed by atoms with Crippen LogP contribution in [0.5, 0.6) is 0 Å². The number of halogens is 2. The van der Waals surface area contributed by atoms with Crippen LogP contribution in [0, 0.1) is 0 Å². The number of nitrogens with zero attached hydrogens (tertiary/aromatic N) is 3. The first-order chi connectivity index (χ1) is 8.01. The molecule has 0 spiro atoms. The standard InChI is InChI=1S/C10H7F2N3O2/c11-10(12,9(16)17)8-6-15(14-13-8)7-4-2-1-3-5-7/h1-6H,(H,16,17). The lowest BCUT2D eigenvalue weighted by Crippen LogP contribution is -2.25. The van der Waals surface area contributed by atoms with Crippen LogP contribution in [-0.2, 0) is 10.7 Å². The summed E-state index contributed by atoms with van der Waals surface area (Å²) in [6.07, 6.45) is 0.892. The molecule has 1 aromatic heterocycles. The van der Waals surface area contributed by atoms with E-state index in [2.05, 4.69) is 10.3 Å². The molecule has 0 atom stereocenters. The lowest BCUT2D eigenvalue weighted by atomic mass is 10.2. The quantitative estimate of drug-likeness (QED) is 0.880. The second-order valence-electron chi connectivity index (χ2n) is 3.26. The largest absolute Gasteiger partial charge is 0.476 e. The number of aliphatic carboxylic acids is 1. The molecule has 0 amide bonds. The molecular weight excluding hydrogens is 232 g/mol. The third-order valence-corrected chi connectivity index (χ3v) is 2.10. The number of rotatable bonds is 3. The summed E-state index contributed by atoms with van der Waals surface area (Å²) in [5.41, 5.74) is -0.374. The lowest BCUT2D eigenvalue weighted by Gasteiger charge is -2.05. The van der Waals surface area contributed by atoms with Crippen molar-refractivity contribution in [1.29, 1.82) is 0 Å². The fourth-order valence-corrected chi connectivity index (χ4v) is 1.22. The van der Waals surface area contributed by atoms with Crippen LogP contribution in [0.1, 0.15) is 5.69 Å². The highest BCUT2D eigenvalue weighted by Crippen LogP contribution is 2.26. The Morgan fingerprint density at radius 2 is 1.94 bits per heavy atom. The number of carboxylic acids is 1. The van der Waals surface area contributed by atoms with Crippen LogP contribution in [-0.4, -0.2) is 26.1 Å². The minimum absolute atomic E-state index is 0.521. The van der Waals surface area contributed by atoms with Gasteiger partial charge in [-0.05, 0) is 12.1 Å². The van der Waals surface area contributed by atoms with E-state index in [1.54, 1.807) is 30.3 Å². The van der Waals surface area contributed by atoms with Crippen molar-refractivity contribution < 1.29 is 18.7 Å². The van der Waals surface area contributed by atoms with E-state index >= 15 is 0 Å². The predicted octanol–water partition coefficient (Wildman–Crippen LogP) is 1.44. The molecule has 1 N–H and O–H groups in total. The van der Waals surface area contributed by atoms with Gasteiger partial charge in [0.1, 0.15) is 0 Å². The maximum atomic E-state index is 13.1. The number of alkyl halides is 2. The zero-order chi connectivity index (χ0) is 12.5. The molecular formula is C10H7F2N3O2. The molecule has 0 unspecified atom stereocenters. The van der Waals surface area contributed by atoms with Gasteiger partial charge in [-0.1, -0.05) is 23.4 Å². The Balaban J connectivity index is 2.38. The molecule has 0 aliphatic heterocycles. The first-order valence-corrected chi connectivity index (χ1v) is 4.61. The van der Waals surface area contributed by atoms with E-state index < -0.39 is 17.6 Å². The fraction of sp³-hybridized carbons (Fsp3) is 0.100. The molecule has 0 aliphatic carbocycles. The number of para-hydroxylation sites is 1. The summed E-state index contributed by atoms with van der Waals surface area (Å²) in [4.78, 5) is 10.3. The zero-order valence-corrected chi connectivity index (χ0v) is 8.42. The predicted molar refractivity (Wildman–Crippen MR) is 52.9 cm³/mol. The molecule has 0 saturated carbocycles. The van der Waals surface area contributed by atoms with Crippen molar-refractivity contribution in [3.63, 3.8) is 0 Å².